The molecule has 1 heterocycles. The molecule has 3 heteroatoms. The number of aromatic nitrogens is 1. The second kappa shape index (κ2) is 4.40. The lowest BCUT2D eigenvalue weighted by atomic mass is 10.1. The van der Waals surface area contributed by atoms with Crippen molar-refractivity contribution in [2.24, 2.45) is 0 Å². The summed E-state index contributed by atoms with van der Waals surface area (Å²) in [5.41, 5.74) is 4.47. The number of nitrogens with zero attached hydrogens (tertiary/aromatic N) is 1. The Labute approximate surface area is 101 Å². The number of rotatable bonds is 2. The molecule has 1 aromatic heterocycles. The van der Waals surface area contributed by atoms with Crippen molar-refractivity contribution < 1.29 is 0 Å². The van der Waals surface area contributed by atoms with Crippen LogP contribution in [0, 0.1) is 13.8 Å². The SMILES string of the molecule is CNCc1cc2cc(Cl)cc(C)c2nc1C. The second-order valence-electron chi connectivity index (χ2n) is 4.06. The van der Waals surface area contributed by atoms with Crippen molar-refractivity contribution in [2.45, 2.75) is 20.4 Å². The lowest BCUT2D eigenvalue weighted by molar-refractivity contribution is 0.807. The summed E-state index contributed by atoms with van der Waals surface area (Å²) in [6.07, 6.45) is 0. The summed E-state index contributed by atoms with van der Waals surface area (Å²) in [5.74, 6) is 0. The fourth-order valence-corrected chi connectivity index (χ4v) is 2.21. The van der Waals surface area contributed by atoms with Crippen molar-refractivity contribution >= 4 is 22.5 Å². The molecule has 0 unspecified atom stereocenters. The first-order valence-corrected chi connectivity index (χ1v) is 5.70. The van der Waals surface area contributed by atoms with Crippen LogP contribution >= 0.6 is 11.6 Å². The van der Waals surface area contributed by atoms with Crippen LogP contribution in [-0.4, -0.2) is 12.0 Å². The van der Waals surface area contributed by atoms with Gasteiger partial charge in [-0.3, -0.25) is 4.98 Å². The van der Waals surface area contributed by atoms with Gasteiger partial charge in [-0.1, -0.05) is 11.6 Å². The Bertz CT molecular complexity index is 535. The average molecular weight is 235 g/mol. The van der Waals surface area contributed by atoms with Gasteiger partial charge in [-0.2, -0.15) is 0 Å². The Balaban J connectivity index is 2.69. The molecule has 0 atom stereocenters. The minimum Gasteiger partial charge on any atom is -0.316 e. The molecule has 0 amide bonds. The number of hydrogen-bond donors (Lipinski definition) is 1. The van der Waals surface area contributed by atoms with Crippen LogP contribution in [0.15, 0.2) is 18.2 Å². The van der Waals surface area contributed by atoms with E-state index in [9.17, 15) is 0 Å². The fraction of sp³-hybridized carbons (Fsp3) is 0.308. The predicted octanol–water partition coefficient (Wildman–Crippen LogP) is 3.22. The van der Waals surface area contributed by atoms with Gasteiger partial charge in [0.2, 0.25) is 0 Å². The molecule has 16 heavy (non-hydrogen) atoms. The Hall–Kier alpha value is -1.12. The lowest BCUT2D eigenvalue weighted by Gasteiger charge is -2.09. The molecular formula is C13H15ClN2. The molecule has 0 aliphatic heterocycles. The van der Waals surface area contributed by atoms with Crippen molar-refractivity contribution in [2.75, 3.05) is 7.05 Å². The summed E-state index contributed by atoms with van der Waals surface area (Å²) < 4.78 is 0. The normalized spacial score (nSPS) is 11.0. The number of pyridine rings is 1. The number of aryl methyl sites for hydroxylation is 2. The maximum atomic E-state index is 6.05. The Morgan fingerprint density at radius 1 is 1.25 bits per heavy atom. The smallest absolute Gasteiger partial charge is 0.0735 e. The van der Waals surface area contributed by atoms with E-state index < -0.39 is 0 Å². The van der Waals surface area contributed by atoms with E-state index in [0.29, 0.717) is 0 Å². The molecule has 0 saturated heterocycles. The third-order valence-electron chi connectivity index (χ3n) is 2.74. The van der Waals surface area contributed by atoms with E-state index in [0.717, 1.165) is 33.7 Å². The van der Waals surface area contributed by atoms with Gasteiger partial charge in [0.25, 0.3) is 0 Å². The quantitative estimate of drug-likeness (QED) is 0.863. The van der Waals surface area contributed by atoms with Crippen LogP contribution in [-0.2, 0) is 6.54 Å². The molecule has 1 N–H and O–H groups in total. The van der Waals surface area contributed by atoms with E-state index in [1.54, 1.807) is 0 Å². The van der Waals surface area contributed by atoms with E-state index in [-0.39, 0.29) is 0 Å². The average Bonchev–Trinajstić information content (AvgIpc) is 2.21. The third kappa shape index (κ3) is 2.04. The van der Waals surface area contributed by atoms with E-state index in [1.165, 1.54) is 5.56 Å². The predicted molar refractivity (Wildman–Crippen MR) is 69.0 cm³/mol. The van der Waals surface area contributed by atoms with Crippen molar-refractivity contribution in [3.8, 4) is 0 Å². The highest BCUT2D eigenvalue weighted by Gasteiger charge is 2.05. The van der Waals surface area contributed by atoms with Crippen LogP contribution in [0.3, 0.4) is 0 Å². The van der Waals surface area contributed by atoms with Crippen LogP contribution in [0.5, 0.6) is 0 Å². The maximum absolute atomic E-state index is 6.05. The van der Waals surface area contributed by atoms with Gasteiger partial charge in [0.15, 0.2) is 0 Å². The van der Waals surface area contributed by atoms with Crippen molar-refractivity contribution in [1.29, 1.82) is 0 Å². The van der Waals surface area contributed by atoms with Gasteiger partial charge in [0.05, 0.1) is 5.52 Å². The van der Waals surface area contributed by atoms with Gasteiger partial charge >= 0.3 is 0 Å². The molecule has 0 saturated carbocycles. The molecule has 0 fully saturated rings. The van der Waals surface area contributed by atoms with E-state index in [4.69, 9.17) is 11.6 Å². The zero-order chi connectivity index (χ0) is 11.7. The Morgan fingerprint density at radius 3 is 2.69 bits per heavy atom. The first-order chi connectivity index (χ1) is 7.61. The minimum atomic E-state index is 0.770. The molecule has 0 radical (unpaired) electrons. The van der Waals surface area contributed by atoms with Gasteiger partial charge in [0.1, 0.15) is 0 Å². The van der Waals surface area contributed by atoms with Crippen LogP contribution in [0.25, 0.3) is 10.9 Å². The highest BCUT2D eigenvalue weighted by Crippen LogP contribution is 2.24. The number of nitrogens with one attached hydrogen (secondary N) is 1. The topological polar surface area (TPSA) is 24.9 Å². The fourth-order valence-electron chi connectivity index (χ4n) is 1.93. The molecule has 2 aromatic rings. The summed E-state index contributed by atoms with van der Waals surface area (Å²) in [6.45, 7) is 4.92. The van der Waals surface area contributed by atoms with Crippen LogP contribution in [0.4, 0.5) is 0 Å². The molecular weight excluding hydrogens is 220 g/mol. The molecule has 0 aliphatic carbocycles. The zero-order valence-corrected chi connectivity index (χ0v) is 10.5. The van der Waals surface area contributed by atoms with Gasteiger partial charge < -0.3 is 5.32 Å². The monoisotopic (exact) mass is 234 g/mol. The lowest BCUT2D eigenvalue weighted by Crippen LogP contribution is -2.07. The van der Waals surface area contributed by atoms with E-state index in [1.807, 2.05) is 33.0 Å². The van der Waals surface area contributed by atoms with Crippen LogP contribution in [0.2, 0.25) is 5.02 Å². The van der Waals surface area contributed by atoms with Gasteiger partial charge in [-0.05, 0) is 50.2 Å². The molecule has 0 bridgehead atoms. The first-order valence-electron chi connectivity index (χ1n) is 5.33. The van der Waals surface area contributed by atoms with Crippen LogP contribution in [0.1, 0.15) is 16.8 Å². The summed E-state index contributed by atoms with van der Waals surface area (Å²) in [4.78, 5) is 4.64. The standard InChI is InChI=1S/C13H15ClN2/c1-8-4-12(14)6-10-5-11(7-15-3)9(2)16-13(8)10/h4-6,15H,7H2,1-3H3. The molecule has 2 rings (SSSR count). The number of halogens is 1. The summed E-state index contributed by atoms with van der Waals surface area (Å²) in [7, 11) is 1.94. The van der Waals surface area contributed by atoms with Crippen LogP contribution < -0.4 is 5.32 Å². The number of fused-ring (bicyclic) bond motifs is 1. The van der Waals surface area contributed by atoms with E-state index in [2.05, 4.69) is 16.4 Å². The summed E-state index contributed by atoms with van der Waals surface area (Å²) in [6, 6.07) is 6.08. The summed E-state index contributed by atoms with van der Waals surface area (Å²) >= 11 is 6.05. The minimum absolute atomic E-state index is 0.770. The molecule has 1 aromatic carbocycles. The highest BCUT2D eigenvalue weighted by molar-refractivity contribution is 6.31. The first kappa shape index (κ1) is 11.4. The molecule has 84 valence electrons. The Morgan fingerprint density at radius 2 is 2.00 bits per heavy atom. The third-order valence-corrected chi connectivity index (χ3v) is 2.95. The van der Waals surface area contributed by atoms with E-state index >= 15 is 0 Å². The van der Waals surface area contributed by atoms with Gasteiger partial charge in [-0.25, -0.2) is 0 Å². The van der Waals surface area contributed by atoms with Crippen molar-refractivity contribution in [3.05, 3.63) is 40.0 Å². The summed E-state index contributed by atoms with van der Waals surface area (Å²) in [5, 5.41) is 5.03. The van der Waals surface area contributed by atoms with Gasteiger partial charge in [-0.15, -0.1) is 0 Å². The number of benzene rings is 1. The van der Waals surface area contributed by atoms with Crippen molar-refractivity contribution in [3.63, 3.8) is 0 Å². The Kier molecular flexibility index (Phi) is 3.13. The zero-order valence-electron chi connectivity index (χ0n) is 9.76. The second-order valence-corrected chi connectivity index (χ2v) is 4.49. The van der Waals surface area contributed by atoms with Crippen molar-refractivity contribution in [1.82, 2.24) is 10.3 Å². The largest absolute Gasteiger partial charge is 0.316 e. The highest BCUT2D eigenvalue weighted by atomic mass is 35.5. The molecule has 2 nitrogen and oxygen atoms in total. The molecule has 0 spiro atoms. The maximum Gasteiger partial charge on any atom is 0.0735 e. The number of hydrogen-bond acceptors (Lipinski definition) is 2. The van der Waals surface area contributed by atoms with Gasteiger partial charge in [0, 0.05) is 22.6 Å². The molecule has 0 aliphatic rings.